The molecular formula is C25H27NO5S. The first-order chi connectivity index (χ1) is 15.5. The van der Waals surface area contributed by atoms with Crippen molar-refractivity contribution in [3.05, 3.63) is 84.4 Å². The molecule has 0 bridgehead atoms. The van der Waals surface area contributed by atoms with Crippen molar-refractivity contribution < 1.29 is 22.7 Å². The Morgan fingerprint density at radius 3 is 2.12 bits per heavy atom. The molecule has 0 radical (unpaired) electrons. The van der Waals surface area contributed by atoms with Crippen molar-refractivity contribution in [2.24, 2.45) is 0 Å². The highest BCUT2D eigenvalue weighted by Gasteiger charge is 2.31. The molecule has 3 aromatic carbocycles. The molecule has 32 heavy (non-hydrogen) atoms. The zero-order valence-electron chi connectivity index (χ0n) is 18.2. The number of methoxy groups -OCH3 is 1. The minimum absolute atomic E-state index is 0.0284. The van der Waals surface area contributed by atoms with Crippen LogP contribution in [-0.4, -0.2) is 28.0 Å². The van der Waals surface area contributed by atoms with E-state index in [1.807, 2.05) is 12.1 Å². The highest BCUT2D eigenvalue weighted by molar-refractivity contribution is 7.93. The van der Waals surface area contributed by atoms with E-state index in [0.717, 1.165) is 29.1 Å². The van der Waals surface area contributed by atoms with Crippen molar-refractivity contribution in [3.63, 3.8) is 0 Å². The van der Waals surface area contributed by atoms with Crippen molar-refractivity contribution >= 4 is 21.6 Å². The Morgan fingerprint density at radius 2 is 1.50 bits per heavy atom. The molecule has 0 fully saturated rings. The van der Waals surface area contributed by atoms with Crippen LogP contribution in [0.4, 0.5) is 5.69 Å². The molecule has 6 nitrogen and oxygen atoms in total. The lowest BCUT2D eigenvalue weighted by atomic mass is 10.1. The molecule has 3 rings (SSSR count). The molecule has 0 aliphatic carbocycles. The summed E-state index contributed by atoms with van der Waals surface area (Å²) in [5, 5.41) is 0. The summed E-state index contributed by atoms with van der Waals surface area (Å²) in [6.07, 6.45) is 3.00. The largest absolute Gasteiger partial charge is 0.493 e. The van der Waals surface area contributed by atoms with E-state index in [1.54, 1.807) is 54.6 Å². The Kier molecular flexibility index (Phi) is 7.89. The Hall–Kier alpha value is -3.32. The molecule has 0 N–H and O–H groups in total. The number of aryl methyl sites for hydroxylation is 1. The topological polar surface area (TPSA) is 72.9 Å². The number of carbonyl (C=O) groups is 1. The maximum absolute atomic E-state index is 13.4. The summed E-state index contributed by atoms with van der Waals surface area (Å²) in [5.41, 5.74) is 1.35. The molecule has 7 heteroatoms. The number of amides is 1. The lowest BCUT2D eigenvalue weighted by molar-refractivity contribution is -0.119. The van der Waals surface area contributed by atoms with Gasteiger partial charge in [-0.1, -0.05) is 55.8 Å². The van der Waals surface area contributed by atoms with Crippen molar-refractivity contribution in [1.29, 1.82) is 0 Å². The number of rotatable bonds is 10. The third-order valence-electron chi connectivity index (χ3n) is 4.92. The Labute approximate surface area is 189 Å². The van der Waals surface area contributed by atoms with Crippen molar-refractivity contribution in [1.82, 2.24) is 0 Å². The van der Waals surface area contributed by atoms with Gasteiger partial charge in [0, 0.05) is 0 Å². The minimum atomic E-state index is -4.13. The zero-order valence-corrected chi connectivity index (χ0v) is 19.0. The van der Waals surface area contributed by atoms with Gasteiger partial charge < -0.3 is 9.47 Å². The van der Waals surface area contributed by atoms with Crippen molar-refractivity contribution in [2.75, 3.05) is 18.0 Å². The number of anilines is 1. The first-order valence-corrected chi connectivity index (χ1v) is 11.9. The van der Waals surface area contributed by atoms with Crippen LogP contribution in [-0.2, 0) is 21.2 Å². The summed E-state index contributed by atoms with van der Waals surface area (Å²) >= 11 is 0. The third kappa shape index (κ3) is 5.48. The Morgan fingerprint density at radius 1 is 0.875 bits per heavy atom. The molecule has 0 heterocycles. The van der Waals surface area contributed by atoms with Gasteiger partial charge in [-0.2, -0.15) is 4.31 Å². The van der Waals surface area contributed by atoms with Gasteiger partial charge in [0.25, 0.3) is 15.9 Å². The van der Waals surface area contributed by atoms with Crippen LogP contribution >= 0.6 is 0 Å². The van der Waals surface area contributed by atoms with Gasteiger partial charge in [-0.15, -0.1) is 0 Å². The number of ether oxygens (including phenoxy) is 2. The van der Waals surface area contributed by atoms with E-state index >= 15 is 0 Å². The van der Waals surface area contributed by atoms with E-state index in [9.17, 15) is 13.2 Å². The van der Waals surface area contributed by atoms with Gasteiger partial charge in [0.1, 0.15) is 0 Å². The number of benzene rings is 3. The van der Waals surface area contributed by atoms with E-state index in [1.165, 1.54) is 19.2 Å². The second kappa shape index (κ2) is 10.8. The molecule has 0 aliphatic rings. The Bertz CT molecular complexity index is 1130. The van der Waals surface area contributed by atoms with Crippen molar-refractivity contribution in [3.8, 4) is 11.5 Å². The maximum atomic E-state index is 13.4. The number of hydrogen-bond acceptors (Lipinski definition) is 5. The predicted octanol–water partition coefficient (Wildman–Crippen LogP) is 4.84. The zero-order chi connectivity index (χ0) is 23.0. The van der Waals surface area contributed by atoms with Crippen LogP contribution in [0.25, 0.3) is 0 Å². The molecule has 0 saturated heterocycles. The van der Waals surface area contributed by atoms with E-state index in [2.05, 4.69) is 6.92 Å². The van der Waals surface area contributed by atoms with Crippen LogP contribution in [0.5, 0.6) is 11.5 Å². The van der Waals surface area contributed by atoms with Crippen LogP contribution in [0.2, 0.25) is 0 Å². The molecule has 0 aliphatic heterocycles. The summed E-state index contributed by atoms with van der Waals surface area (Å²) in [6.45, 7) is 1.65. The fraction of sp³-hybridized carbons (Fsp3) is 0.240. The molecule has 0 aromatic heterocycles. The fourth-order valence-corrected chi connectivity index (χ4v) is 4.66. The molecule has 0 spiro atoms. The van der Waals surface area contributed by atoms with Gasteiger partial charge in [-0.05, 0) is 54.8 Å². The minimum Gasteiger partial charge on any atom is -0.493 e. The number of sulfonamides is 1. The lowest BCUT2D eigenvalue weighted by Gasteiger charge is -2.23. The molecule has 0 unspecified atom stereocenters. The molecule has 0 saturated carbocycles. The summed E-state index contributed by atoms with van der Waals surface area (Å²) in [6, 6.07) is 21.8. The van der Waals surface area contributed by atoms with Crippen LogP contribution in [0, 0.1) is 0 Å². The van der Waals surface area contributed by atoms with Gasteiger partial charge in [-0.25, -0.2) is 8.42 Å². The first-order valence-electron chi connectivity index (χ1n) is 10.5. The average molecular weight is 454 g/mol. The summed E-state index contributed by atoms with van der Waals surface area (Å²) in [5.74, 6) is 0.106. The number of para-hydroxylation sites is 2. The van der Waals surface area contributed by atoms with Gasteiger partial charge in [0.15, 0.2) is 18.1 Å². The fourth-order valence-electron chi connectivity index (χ4n) is 3.23. The number of unbranched alkanes of at least 4 members (excludes halogenated alkanes) is 1. The van der Waals surface area contributed by atoms with Crippen LogP contribution in [0.15, 0.2) is 83.8 Å². The highest BCUT2D eigenvalue weighted by Crippen LogP contribution is 2.28. The van der Waals surface area contributed by atoms with E-state index < -0.39 is 22.5 Å². The second-order valence-electron chi connectivity index (χ2n) is 7.19. The van der Waals surface area contributed by atoms with E-state index in [0.29, 0.717) is 11.5 Å². The normalized spacial score (nSPS) is 11.1. The second-order valence-corrected chi connectivity index (χ2v) is 8.97. The molecule has 3 aromatic rings. The van der Waals surface area contributed by atoms with E-state index in [-0.39, 0.29) is 10.6 Å². The number of nitrogens with zero attached hydrogens (tertiary/aromatic N) is 1. The van der Waals surface area contributed by atoms with Gasteiger partial charge in [0.05, 0.1) is 17.7 Å². The smallest absolute Gasteiger partial charge is 0.278 e. The van der Waals surface area contributed by atoms with Gasteiger partial charge in [0.2, 0.25) is 0 Å². The number of carbonyl (C=O) groups excluding carboxylic acids is 1. The lowest BCUT2D eigenvalue weighted by Crippen LogP contribution is -2.40. The quantitative estimate of drug-likeness (QED) is 0.439. The standard InChI is InChI=1S/C25H27NO5S/c1-3-4-10-20-15-17-21(18-16-20)26(32(28,29)22-11-6-5-7-12-22)25(27)19-31-24-14-9-8-13-23(24)30-2/h5-9,11-18H,3-4,10,19H2,1-2H3. The molecule has 168 valence electrons. The Balaban J connectivity index is 1.92. The summed E-state index contributed by atoms with van der Waals surface area (Å²) < 4.78 is 38.4. The predicted molar refractivity (Wildman–Crippen MR) is 125 cm³/mol. The summed E-state index contributed by atoms with van der Waals surface area (Å²) in [7, 11) is -2.63. The highest BCUT2D eigenvalue weighted by atomic mass is 32.2. The van der Waals surface area contributed by atoms with Gasteiger partial charge in [-0.3, -0.25) is 4.79 Å². The van der Waals surface area contributed by atoms with Crippen LogP contribution < -0.4 is 13.8 Å². The summed E-state index contributed by atoms with van der Waals surface area (Å²) in [4.78, 5) is 13.2. The molecular weight excluding hydrogens is 426 g/mol. The van der Waals surface area contributed by atoms with E-state index in [4.69, 9.17) is 9.47 Å². The maximum Gasteiger partial charge on any atom is 0.278 e. The third-order valence-corrected chi connectivity index (χ3v) is 6.68. The molecule has 0 atom stereocenters. The first kappa shape index (κ1) is 23.3. The van der Waals surface area contributed by atoms with Crippen LogP contribution in [0.3, 0.4) is 0 Å². The average Bonchev–Trinajstić information content (AvgIpc) is 2.83. The molecule has 1 amide bonds. The number of hydrogen-bond donors (Lipinski definition) is 0. The SMILES string of the molecule is CCCCc1ccc(N(C(=O)COc2ccccc2OC)S(=O)(=O)c2ccccc2)cc1. The monoisotopic (exact) mass is 453 g/mol. The van der Waals surface area contributed by atoms with Crippen molar-refractivity contribution in [2.45, 2.75) is 31.1 Å². The van der Waals surface area contributed by atoms with Crippen LogP contribution in [0.1, 0.15) is 25.3 Å². The van der Waals surface area contributed by atoms with Gasteiger partial charge >= 0.3 is 0 Å².